The van der Waals surface area contributed by atoms with E-state index < -0.39 is 0 Å². The van der Waals surface area contributed by atoms with Gasteiger partial charge in [0.2, 0.25) is 0 Å². The Bertz CT molecular complexity index is 829. The van der Waals surface area contributed by atoms with Crippen molar-refractivity contribution < 1.29 is 5.11 Å². The van der Waals surface area contributed by atoms with Crippen LogP contribution in [0.2, 0.25) is 0 Å². The highest BCUT2D eigenvalue weighted by molar-refractivity contribution is 5.66. The molecule has 2 aromatic heterocycles. The van der Waals surface area contributed by atoms with E-state index in [1.54, 1.807) is 12.1 Å². The van der Waals surface area contributed by atoms with Crippen molar-refractivity contribution >= 4 is 11.2 Å². The van der Waals surface area contributed by atoms with Gasteiger partial charge in [-0.15, -0.1) is 0 Å². The number of rotatable bonds is 3. The Balaban J connectivity index is 1.96. The molecular weight excluding hydrogens is 262 g/mol. The van der Waals surface area contributed by atoms with Crippen molar-refractivity contribution in [2.75, 3.05) is 11.9 Å². The fourth-order valence-corrected chi connectivity index (χ4v) is 2.50. The minimum absolute atomic E-state index is 0.238. The Morgan fingerprint density at radius 3 is 2.86 bits per heavy atom. The molecule has 0 aliphatic carbocycles. The summed E-state index contributed by atoms with van der Waals surface area (Å²) >= 11 is 0. The number of aromatic nitrogens is 1. The summed E-state index contributed by atoms with van der Waals surface area (Å²) in [5.41, 5.74) is 3.49. The van der Waals surface area contributed by atoms with Crippen LogP contribution in [-0.2, 0) is 6.54 Å². The van der Waals surface area contributed by atoms with Crippen LogP contribution < -0.4 is 4.90 Å². The number of nitrogens with zero attached hydrogens (tertiary/aromatic N) is 3. The molecule has 0 fully saturated rings. The Labute approximate surface area is 123 Å². The van der Waals surface area contributed by atoms with E-state index in [2.05, 4.69) is 6.07 Å². The van der Waals surface area contributed by atoms with Crippen molar-refractivity contribution in [1.29, 1.82) is 5.26 Å². The van der Waals surface area contributed by atoms with E-state index in [1.807, 2.05) is 59.1 Å². The van der Waals surface area contributed by atoms with E-state index in [0.717, 1.165) is 16.8 Å². The Morgan fingerprint density at radius 2 is 2.10 bits per heavy atom. The van der Waals surface area contributed by atoms with Crippen molar-refractivity contribution in [1.82, 2.24) is 4.40 Å². The lowest BCUT2D eigenvalue weighted by Crippen LogP contribution is -2.16. The molecule has 21 heavy (non-hydrogen) atoms. The van der Waals surface area contributed by atoms with Gasteiger partial charge >= 0.3 is 0 Å². The van der Waals surface area contributed by atoms with Gasteiger partial charge in [-0.3, -0.25) is 0 Å². The molecule has 104 valence electrons. The molecule has 3 rings (SSSR count). The van der Waals surface area contributed by atoms with Crippen LogP contribution in [0.5, 0.6) is 5.75 Å². The number of anilines is 1. The second-order valence-corrected chi connectivity index (χ2v) is 5.01. The Morgan fingerprint density at radius 1 is 1.24 bits per heavy atom. The van der Waals surface area contributed by atoms with Crippen molar-refractivity contribution in [3.63, 3.8) is 0 Å². The van der Waals surface area contributed by atoms with E-state index in [0.29, 0.717) is 12.1 Å². The van der Waals surface area contributed by atoms with Crippen LogP contribution in [0.4, 0.5) is 5.69 Å². The first kappa shape index (κ1) is 13.1. The molecule has 1 aromatic carbocycles. The first-order valence-electron chi connectivity index (χ1n) is 6.68. The van der Waals surface area contributed by atoms with E-state index in [1.165, 1.54) is 0 Å². The molecule has 0 atom stereocenters. The van der Waals surface area contributed by atoms with Crippen LogP contribution in [0, 0.1) is 11.3 Å². The van der Waals surface area contributed by atoms with Crippen LogP contribution in [0.3, 0.4) is 0 Å². The number of benzene rings is 1. The summed E-state index contributed by atoms with van der Waals surface area (Å²) in [6, 6.07) is 15.2. The zero-order valence-electron chi connectivity index (χ0n) is 11.7. The van der Waals surface area contributed by atoms with E-state index in [-0.39, 0.29) is 5.75 Å². The van der Waals surface area contributed by atoms with Crippen LogP contribution in [0.15, 0.2) is 54.9 Å². The lowest BCUT2D eigenvalue weighted by atomic mass is 10.1. The second-order valence-electron chi connectivity index (χ2n) is 5.01. The van der Waals surface area contributed by atoms with Gasteiger partial charge in [-0.2, -0.15) is 5.26 Å². The highest BCUT2D eigenvalue weighted by atomic mass is 16.3. The van der Waals surface area contributed by atoms with Crippen molar-refractivity contribution in [2.45, 2.75) is 6.54 Å². The molecule has 0 unspecified atom stereocenters. The smallest absolute Gasteiger partial charge is 0.117 e. The maximum absolute atomic E-state index is 9.56. The highest BCUT2D eigenvalue weighted by Gasteiger charge is 2.12. The average molecular weight is 277 g/mol. The van der Waals surface area contributed by atoms with Crippen LogP contribution in [-0.4, -0.2) is 16.6 Å². The molecule has 2 heterocycles. The molecular formula is C17H15N3O. The van der Waals surface area contributed by atoms with Gasteiger partial charge in [0.25, 0.3) is 0 Å². The van der Waals surface area contributed by atoms with Gasteiger partial charge in [0.05, 0.1) is 11.1 Å². The summed E-state index contributed by atoms with van der Waals surface area (Å²) in [7, 11) is 1.94. The van der Waals surface area contributed by atoms with Gasteiger partial charge in [0.1, 0.15) is 11.8 Å². The summed E-state index contributed by atoms with van der Waals surface area (Å²) in [6.07, 6.45) is 3.92. The first-order valence-corrected chi connectivity index (χ1v) is 6.68. The molecule has 0 saturated carbocycles. The normalized spacial score (nSPS) is 10.5. The average Bonchev–Trinajstić information content (AvgIpc) is 2.84. The minimum atomic E-state index is 0.238. The Hall–Kier alpha value is -2.93. The van der Waals surface area contributed by atoms with E-state index >= 15 is 0 Å². The Kier molecular flexibility index (Phi) is 3.25. The van der Waals surface area contributed by atoms with Crippen LogP contribution in [0.25, 0.3) is 5.52 Å². The maximum atomic E-state index is 9.56. The number of pyridine rings is 1. The summed E-state index contributed by atoms with van der Waals surface area (Å²) in [4.78, 5) is 2.01. The molecule has 0 amide bonds. The SMILES string of the molecule is CN(Cc1cn2ccccc2c1C#N)c1cccc(O)c1. The molecule has 4 nitrogen and oxygen atoms in total. The van der Waals surface area contributed by atoms with Gasteiger partial charge in [-0.25, -0.2) is 0 Å². The third-order valence-electron chi connectivity index (χ3n) is 3.55. The summed E-state index contributed by atoms with van der Waals surface area (Å²) in [6.45, 7) is 0.605. The quantitative estimate of drug-likeness (QED) is 0.800. The molecule has 0 bridgehead atoms. The molecule has 0 saturated heterocycles. The van der Waals surface area contributed by atoms with Gasteiger partial charge < -0.3 is 14.4 Å². The molecule has 4 heteroatoms. The lowest BCUT2D eigenvalue weighted by molar-refractivity contribution is 0.475. The van der Waals surface area contributed by atoms with Crippen molar-refractivity contribution in [3.8, 4) is 11.8 Å². The number of hydrogen-bond acceptors (Lipinski definition) is 3. The van der Waals surface area contributed by atoms with Gasteiger partial charge in [-0.1, -0.05) is 12.1 Å². The number of hydrogen-bond donors (Lipinski definition) is 1. The monoisotopic (exact) mass is 277 g/mol. The fourth-order valence-electron chi connectivity index (χ4n) is 2.50. The minimum Gasteiger partial charge on any atom is -0.508 e. The zero-order valence-corrected chi connectivity index (χ0v) is 11.7. The van der Waals surface area contributed by atoms with Crippen LogP contribution >= 0.6 is 0 Å². The van der Waals surface area contributed by atoms with E-state index in [9.17, 15) is 10.4 Å². The maximum Gasteiger partial charge on any atom is 0.117 e. The number of fused-ring (bicyclic) bond motifs is 1. The molecule has 3 aromatic rings. The molecule has 0 aliphatic rings. The standard InChI is InChI=1S/C17H15N3O/c1-19(14-5-4-6-15(21)9-14)11-13-12-20-8-3-2-7-17(20)16(13)10-18/h2-9,12,21H,11H2,1H3. The third kappa shape index (κ3) is 2.41. The zero-order chi connectivity index (χ0) is 14.8. The molecule has 1 N–H and O–H groups in total. The molecule has 0 spiro atoms. The summed E-state index contributed by atoms with van der Waals surface area (Å²) < 4.78 is 1.96. The van der Waals surface area contributed by atoms with Crippen molar-refractivity contribution in [3.05, 3.63) is 66.0 Å². The number of aromatic hydroxyl groups is 1. The molecule has 0 radical (unpaired) electrons. The predicted octanol–water partition coefficient (Wildman–Crippen LogP) is 3.15. The lowest BCUT2D eigenvalue weighted by Gasteiger charge is -2.19. The van der Waals surface area contributed by atoms with Gasteiger partial charge in [-0.05, 0) is 24.3 Å². The third-order valence-corrected chi connectivity index (χ3v) is 3.55. The topological polar surface area (TPSA) is 51.7 Å². The summed E-state index contributed by atoms with van der Waals surface area (Å²) in [5, 5.41) is 19.0. The largest absolute Gasteiger partial charge is 0.508 e. The second kappa shape index (κ2) is 5.22. The summed E-state index contributed by atoms with van der Waals surface area (Å²) in [5.74, 6) is 0.238. The van der Waals surface area contributed by atoms with Gasteiger partial charge in [0, 0.05) is 43.3 Å². The molecule has 0 aliphatic heterocycles. The first-order chi connectivity index (χ1) is 10.2. The fraction of sp³-hybridized carbons (Fsp3) is 0.118. The van der Waals surface area contributed by atoms with Gasteiger partial charge in [0.15, 0.2) is 0 Å². The van der Waals surface area contributed by atoms with Crippen LogP contribution in [0.1, 0.15) is 11.1 Å². The van der Waals surface area contributed by atoms with Crippen molar-refractivity contribution in [2.24, 2.45) is 0 Å². The predicted molar refractivity (Wildman–Crippen MR) is 82.3 cm³/mol. The van der Waals surface area contributed by atoms with E-state index in [4.69, 9.17) is 0 Å². The highest BCUT2D eigenvalue weighted by Crippen LogP contribution is 2.23. The number of phenols is 1. The number of phenolic OH excluding ortho intramolecular Hbond substituents is 1. The number of nitriles is 1.